The molecule has 3 nitrogen and oxygen atoms in total. The second kappa shape index (κ2) is 7.29. The van der Waals surface area contributed by atoms with Gasteiger partial charge in [-0.1, -0.05) is 41.9 Å². The molecule has 0 spiro atoms. The van der Waals surface area contributed by atoms with Crippen molar-refractivity contribution >= 4 is 34.8 Å². The van der Waals surface area contributed by atoms with Crippen molar-refractivity contribution in [2.75, 3.05) is 0 Å². The third-order valence-electron chi connectivity index (χ3n) is 4.61. The lowest BCUT2D eigenvalue weighted by molar-refractivity contribution is 0.473. The van der Waals surface area contributed by atoms with Gasteiger partial charge in [-0.05, 0) is 42.3 Å². The van der Waals surface area contributed by atoms with Crippen molar-refractivity contribution in [3.63, 3.8) is 0 Å². The van der Waals surface area contributed by atoms with Crippen molar-refractivity contribution in [3.05, 3.63) is 82.4 Å². The van der Waals surface area contributed by atoms with E-state index in [0.29, 0.717) is 22.7 Å². The first-order valence-corrected chi connectivity index (χ1v) is 9.88. The minimum atomic E-state index is 0.134. The molecule has 1 heterocycles. The SMILES string of the molecule is Cc1cc(O)c(C2=Nc3cc(O)ccc3SC(c3ccccc3)C2)cc1Cl. The van der Waals surface area contributed by atoms with Crippen LogP contribution in [-0.2, 0) is 0 Å². The highest BCUT2D eigenvalue weighted by Crippen LogP contribution is 2.47. The zero-order chi connectivity index (χ0) is 19.0. The summed E-state index contributed by atoms with van der Waals surface area (Å²) < 4.78 is 0. The Hall–Kier alpha value is -2.43. The topological polar surface area (TPSA) is 52.8 Å². The fourth-order valence-corrected chi connectivity index (χ4v) is 4.55. The number of hydrogen-bond acceptors (Lipinski definition) is 4. The summed E-state index contributed by atoms with van der Waals surface area (Å²) in [7, 11) is 0. The summed E-state index contributed by atoms with van der Waals surface area (Å²) in [4.78, 5) is 5.79. The highest BCUT2D eigenvalue weighted by Gasteiger charge is 2.24. The maximum Gasteiger partial charge on any atom is 0.125 e. The fraction of sp³-hybridized carbons (Fsp3) is 0.136. The summed E-state index contributed by atoms with van der Waals surface area (Å²) in [5.74, 6) is 0.331. The van der Waals surface area contributed by atoms with Gasteiger partial charge in [-0.15, -0.1) is 11.8 Å². The first kappa shape index (κ1) is 18.0. The lowest BCUT2D eigenvalue weighted by atomic mass is 9.99. The van der Waals surface area contributed by atoms with Gasteiger partial charge in [0.05, 0.1) is 11.4 Å². The van der Waals surface area contributed by atoms with Crippen LogP contribution in [0.1, 0.15) is 28.4 Å². The highest BCUT2D eigenvalue weighted by molar-refractivity contribution is 7.99. The molecule has 1 atom stereocenters. The maximum absolute atomic E-state index is 10.5. The van der Waals surface area contributed by atoms with E-state index in [9.17, 15) is 10.2 Å². The molecule has 0 bridgehead atoms. The van der Waals surface area contributed by atoms with Gasteiger partial charge in [0.25, 0.3) is 0 Å². The molecule has 27 heavy (non-hydrogen) atoms. The Bertz CT molecular complexity index is 1030. The summed E-state index contributed by atoms with van der Waals surface area (Å²) >= 11 is 8.02. The Labute approximate surface area is 167 Å². The second-order valence-corrected chi connectivity index (χ2v) is 8.20. The Morgan fingerprint density at radius 3 is 2.59 bits per heavy atom. The predicted molar refractivity (Wildman–Crippen MR) is 112 cm³/mol. The second-order valence-electron chi connectivity index (χ2n) is 6.55. The van der Waals surface area contributed by atoms with E-state index in [0.717, 1.165) is 16.2 Å². The van der Waals surface area contributed by atoms with E-state index in [-0.39, 0.29) is 16.7 Å². The number of halogens is 1. The Balaban J connectivity index is 1.87. The zero-order valence-corrected chi connectivity index (χ0v) is 16.3. The number of aliphatic imine (C=N–C) groups is 1. The van der Waals surface area contributed by atoms with E-state index in [1.165, 1.54) is 5.56 Å². The molecule has 0 amide bonds. The smallest absolute Gasteiger partial charge is 0.125 e. The molecule has 136 valence electrons. The van der Waals surface area contributed by atoms with Gasteiger partial charge >= 0.3 is 0 Å². The van der Waals surface area contributed by atoms with Crippen LogP contribution in [0.3, 0.4) is 0 Å². The number of benzene rings is 3. The number of phenolic OH excluding ortho intramolecular Hbond substituents is 2. The first-order valence-electron chi connectivity index (χ1n) is 8.63. The largest absolute Gasteiger partial charge is 0.508 e. The molecule has 1 aliphatic heterocycles. The standard InChI is InChI=1S/C22H18ClNO2S/c1-13-9-20(26)16(11-17(13)23)18-12-22(14-5-3-2-4-6-14)27-21-8-7-15(25)10-19(21)24-18/h2-11,22,25-26H,12H2,1H3. The van der Waals surface area contributed by atoms with Crippen molar-refractivity contribution in [2.24, 2.45) is 4.99 Å². The Kier molecular flexibility index (Phi) is 4.85. The van der Waals surface area contributed by atoms with Gasteiger partial charge in [-0.3, -0.25) is 4.99 Å². The number of thioether (sulfide) groups is 1. The summed E-state index contributed by atoms with van der Waals surface area (Å²) in [6.07, 6.45) is 0.636. The van der Waals surface area contributed by atoms with Crippen LogP contribution >= 0.6 is 23.4 Å². The third kappa shape index (κ3) is 3.68. The van der Waals surface area contributed by atoms with Gasteiger partial charge in [0.2, 0.25) is 0 Å². The lowest BCUT2D eigenvalue weighted by Gasteiger charge is -2.17. The molecule has 3 aromatic carbocycles. The minimum absolute atomic E-state index is 0.134. The van der Waals surface area contributed by atoms with Gasteiger partial charge in [-0.25, -0.2) is 0 Å². The van der Waals surface area contributed by atoms with E-state index in [1.54, 1.807) is 36.0 Å². The summed E-state index contributed by atoms with van der Waals surface area (Å²) in [6.45, 7) is 1.86. The number of nitrogens with zero attached hydrogens (tertiary/aromatic N) is 1. The number of rotatable bonds is 2. The number of hydrogen-bond donors (Lipinski definition) is 2. The molecule has 0 aromatic heterocycles. The van der Waals surface area contributed by atoms with Crippen LogP contribution in [0.15, 0.2) is 70.6 Å². The van der Waals surface area contributed by atoms with Crippen LogP contribution in [-0.4, -0.2) is 15.9 Å². The molecule has 0 saturated carbocycles. The molecular formula is C22H18ClNO2S. The van der Waals surface area contributed by atoms with Gasteiger partial charge in [0.1, 0.15) is 11.5 Å². The molecule has 0 saturated heterocycles. The lowest BCUT2D eigenvalue weighted by Crippen LogP contribution is -2.06. The average Bonchev–Trinajstić information content (AvgIpc) is 2.84. The molecular weight excluding hydrogens is 378 g/mol. The van der Waals surface area contributed by atoms with Crippen molar-refractivity contribution in [2.45, 2.75) is 23.5 Å². The summed E-state index contributed by atoms with van der Waals surface area (Å²) in [5, 5.41) is 21.2. The summed E-state index contributed by atoms with van der Waals surface area (Å²) in [5.41, 5.74) is 4.08. The fourth-order valence-electron chi connectivity index (χ4n) is 3.18. The molecule has 0 fully saturated rings. The number of fused-ring (bicyclic) bond motifs is 1. The van der Waals surface area contributed by atoms with Crippen molar-refractivity contribution in [1.29, 1.82) is 0 Å². The molecule has 4 rings (SSSR count). The van der Waals surface area contributed by atoms with Crippen molar-refractivity contribution < 1.29 is 10.2 Å². The molecule has 1 aliphatic rings. The van der Waals surface area contributed by atoms with Crippen LogP contribution in [0, 0.1) is 6.92 Å². The Morgan fingerprint density at radius 1 is 1.04 bits per heavy atom. The van der Waals surface area contributed by atoms with E-state index in [4.69, 9.17) is 16.6 Å². The van der Waals surface area contributed by atoms with E-state index >= 15 is 0 Å². The van der Waals surface area contributed by atoms with Crippen molar-refractivity contribution in [3.8, 4) is 11.5 Å². The molecule has 0 aliphatic carbocycles. The highest BCUT2D eigenvalue weighted by atomic mass is 35.5. The van der Waals surface area contributed by atoms with E-state index in [1.807, 2.05) is 31.2 Å². The van der Waals surface area contributed by atoms with Crippen LogP contribution in [0.25, 0.3) is 0 Å². The molecule has 2 N–H and O–H groups in total. The maximum atomic E-state index is 10.5. The zero-order valence-electron chi connectivity index (χ0n) is 14.7. The van der Waals surface area contributed by atoms with Crippen LogP contribution < -0.4 is 0 Å². The molecule has 3 aromatic rings. The number of phenols is 2. The van der Waals surface area contributed by atoms with Crippen LogP contribution in [0.5, 0.6) is 11.5 Å². The average molecular weight is 396 g/mol. The van der Waals surface area contributed by atoms with Gasteiger partial charge in [-0.2, -0.15) is 0 Å². The monoisotopic (exact) mass is 395 g/mol. The van der Waals surface area contributed by atoms with Gasteiger partial charge < -0.3 is 10.2 Å². The quantitative estimate of drug-likeness (QED) is 0.526. The summed E-state index contributed by atoms with van der Waals surface area (Å²) in [6, 6.07) is 18.9. The molecule has 1 unspecified atom stereocenters. The van der Waals surface area contributed by atoms with E-state index in [2.05, 4.69) is 12.1 Å². The van der Waals surface area contributed by atoms with E-state index < -0.39 is 0 Å². The normalized spacial score (nSPS) is 16.4. The molecule has 5 heteroatoms. The van der Waals surface area contributed by atoms with Gasteiger partial charge in [0, 0.05) is 33.2 Å². The Morgan fingerprint density at radius 2 is 1.81 bits per heavy atom. The first-order chi connectivity index (χ1) is 13.0. The number of aryl methyl sites for hydroxylation is 1. The van der Waals surface area contributed by atoms with Crippen LogP contribution in [0.4, 0.5) is 5.69 Å². The molecule has 0 radical (unpaired) electrons. The minimum Gasteiger partial charge on any atom is -0.508 e. The number of aromatic hydroxyl groups is 2. The predicted octanol–water partition coefficient (Wildman–Crippen LogP) is 6.42. The van der Waals surface area contributed by atoms with Crippen LogP contribution in [0.2, 0.25) is 5.02 Å². The van der Waals surface area contributed by atoms with Crippen molar-refractivity contribution in [1.82, 2.24) is 0 Å². The third-order valence-corrected chi connectivity index (χ3v) is 6.33. The van der Waals surface area contributed by atoms with Gasteiger partial charge in [0.15, 0.2) is 0 Å².